The molecule has 0 saturated carbocycles. The van der Waals surface area contributed by atoms with E-state index in [1.807, 2.05) is 66.9 Å². The highest BCUT2D eigenvalue weighted by atomic mass is 16.5. The van der Waals surface area contributed by atoms with Gasteiger partial charge in [0, 0.05) is 23.0 Å². The lowest BCUT2D eigenvalue weighted by atomic mass is 9.97. The third-order valence-corrected chi connectivity index (χ3v) is 5.48. The molecule has 0 fully saturated rings. The Balaban J connectivity index is 1.53. The number of nitrogens with two attached hydrogens (primary N) is 1. The molecule has 1 aromatic heterocycles. The molecule has 6 heteroatoms. The number of aromatic amines is 1. The first-order chi connectivity index (χ1) is 15.7. The number of ether oxygens (including phenoxy) is 1. The van der Waals surface area contributed by atoms with E-state index in [0.29, 0.717) is 12.3 Å². The lowest BCUT2D eigenvalue weighted by Crippen LogP contribution is -2.14. The van der Waals surface area contributed by atoms with Gasteiger partial charge in [0.15, 0.2) is 0 Å². The summed E-state index contributed by atoms with van der Waals surface area (Å²) in [6.07, 6.45) is 1.89. The molecule has 1 unspecified atom stereocenters. The Morgan fingerprint density at radius 3 is 2.62 bits per heavy atom. The van der Waals surface area contributed by atoms with Crippen molar-refractivity contribution in [2.24, 2.45) is 10.7 Å². The number of guanidine groups is 1. The van der Waals surface area contributed by atoms with Crippen LogP contribution in [0.5, 0.6) is 5.75 Å². The number of benzene rings is 3. The zero-order valence-corrected chi connectivity index (χ0v) is 17.4. The predicted octanol–water partition coefficient (Wildman–Crippen LogP) is 4.84. The SMILES string of the molecule is N=C(N)/N=C1/c2ccccc2NC(c2cccc(OCc3ccccc3)c2)c2cc[nH]c21. The molecule has 1 atom stereocenters. The number of anilines is 1. The van der Waals surface area contributed by atoms with Gasteiger partial charge < -0.3 is 20.8 Å². The Hall–Kier alpha value is -4.32. The van der Waals surface area contributed by atoms with E-state index >= 15 is 0 Å². The number of aliphatic imine (C=N–C) groups is 1. The van der Waals surface area contributed by atoms with Crippen molar-refractivity contribution in [1.29, 1.82) is 5.41 Å². The normalized spacial score (nSPS) is 15.9. The van der Waals surface area contributed by atoms with Crippen LogP contribution in [-0.4, -0.2) is 16.7 Å². The molecule has 158 valence electrons. The van der Waals surface area contributed by atoms with Crippen molar-refractivity contribution in [3.05, 3.63) is 119 Å². The van der Waals surface area contributed by atoms with Crippen LogP contribution >= 0.6 is 0 Å². The van der Waals surface area contributed by atoms with Gasteiger partial charge in [-0.1, -0.05) is 60.7 Å². The molecular formula is C26H23N5O. The van der Waals surface area contributed by atoms with Gasteiger partial charge in [0.2, 0.25) is 5.96 Å². The fourth-order valence-corrected chi connectivity index (χ4v) is 4.03. The monoisotopic (exact) mass is 421 g/mol. The average Bonchev–Trinajstić information content (AvgIpc) is 3.26. The highest BCUT2D eigenvalue weighted by Gasteiger charge is 2.28. The van der Waals surface area contributed by atoms with E-state index in [9.17, 15) is 0 Å². The summed E-state index contributed by atoms with van der Waals surface area (Å²) in [5.41, 5.74) is 12.2. The quantitative estimate of drug-likeness (QED) is 0.280. The van der Waals surface area contributed by atoms with Crippen LogP contribution in [0.15, 0.2) is 96.1 Å². The van der Waals surface area contributed by atoms with Crippen molar-refractivity contribution >= 4 is 17.4 Å². The Morgan fingerprint density at radius 1 is 0.969 bits per heavy atom. The Bertz CT molecular complexity index is 1290. The second kappa shape index (κ2) is 8.43. The minimum absolute atomic E-state index is 0.127. The van der Waals surface area contributed by atoms with Gasteiger partial charge in [-0.3, -0.25) is 5.41 Å². The molecule has 6 nitrogen and oxygen atoms in total. The van der Waals surface area contributed by atoms with Crippen molar-refractivity contribution in [2.45, 2.75) is 12.6 Å². The first-order valence-corrected chi connectivity index (χ1v) is 10.4. The number of hydrogen-bond donors (Lipinski definition) is 4. The lowest BCUT2D eigenvalue weighted by molar-refractivity contribution is 0.306. The molecular weight excluding hydrogens is 398 g/mol. The van der Waals surface area contributed by atoms with Crippen LogP contribution in [0.3, 0.4) is 0 Å². The summed E-state index contributed by atoms with van der Waals surface area (Å²) in [6, 6.07) is 28.1. The summed E-state index contributed by atoms with van der Waals surface area (Å²) in [7, 11) is 0. The molecule has 2 heterocycles. The second-order valence-electron chi connectivity index (χ2n) is 7.62. The minimum Gasteiger partial charge on any atom is -0.489 e. The number of hydrogen-bond acceptors (Lipinski definition) is 3. The largest absolute Gasteiger partial charge is 0.489 e. The van der Waals surface area contributed by atoms with E-state index < -0.39 is 0 Å². The van der Waals surface area contributed by atoms with Crippen LogP contribution in [-0.2, 0) is 6.61 Å². The van der Waals surface area contributed by atoms with Crippen LogP contribution in [0.4, 0.5) is 5.69 Å². The molecule has 4 aromatic rings. The highest BCUT2D eigenvalue weighted by molar-refractivity contribution is 6.19. The maximum atomic E-state index is 7.74. The van der Waals surface area contributed by atoms with E-state index in [1.54, 1.807) is 0 Å². The van der Waals surface area contributed by atoms with Gasteiger partial charge in [-0.2, -0.15) is 0 Å². The van der Waals surface area contributed by atoms with Crippen molar-refractivity contribution < 1.29 is 4.74 Å². The van der Waals surface area contributed by atoms with Crippen molar-refractivity contribution in [2.75, 3.05) is 5.32 Å². The van der Waals surface area contributed by atoms with Crippen LogP contribution in [0, 0.1) is 5.41 Å². The minimum atomic E-state index is -0.231. The molecule has 1 aliphatic heterocycles. The number of aromatic nitrogens is 1. The van der Waals surface area contributed by atoms with E-state index in [1.165, 1.54) is 0 Å². The first-order valence-electron chi connectivity index (χ1n) is 10.4. The molecule has 5 rings (SSSR count). The smallest absolute Gasteiger partial charge is 0.213 e. The molecule has 0 aliphatic carbocycles. The Kier molecular flexibility index (Phi) is 5.17. The Morgan fingerprint density at radius 2 is 1.78 bits per heavy atom. The summed E-state index contributed by atoms with van der Waals surface area (Å²) >= 11 is 0. The maximum absolute atomic E-state index is 7.74. The summed E-state index contributed by atoms with van der Waals surface area (Å²) in [4.78, 5) is 7.64. The summed E-state index contributed by atoms with van der Waals surface area (Å²) < 4.78 is 6.06. The molecule has 0 amide bonds. The molecule has 0 spiro atoms. The standard InChI is InChI=1S/C26H23N5O/c27-26(28)31-25-20-11-4-5-12-22(20)30-23(21-13-14-29-24(21)25)18-9-6-10-19(15-18)32-16-17-7-2-1-3-8-17/h1-15,23,29-30H,16H2,(H3,27,28)/b31-25-. The predicted molar refractivity (Wildman–Crippen MR) is 127 cm³/mol. The van der Waals surface area contributed by atoms with Crippen molar-refractivity contribution in [3.63, 3.8) is 0 Å². The van der Waals surface area contributed by atoms with E-state index in [0.717, 1.165) is 39.4 Å². The van der Waals surface area contributed by atoms with Gasteiger partial charge in [0.05, 0.1) is 11.7 Å². The fourth-order valence-electron chi connectivity index (χ4n) is 4.03. The molecule has 32 heavy (non-hydrogen) atoms. The first kappa shape index (κ1) is 19.6. The highest BCUT2D eigenvalue weighted by Crippen LogP contribution is 2.36. The average molecular weight is 422 g/mol. The third-order valence-electron chi connectivity index (χ3n) is 5.48. The summed E-state index contributed by atoms with van der Waals surface area (Å²) in [6.45, 7) is 0.510. The summed E-state index contributed by atoms with van der Waals surface area (Å²) in [5, 5.41) is 11.4. The summed E-state index contributed by atoms with van der Waals surface area (Å²) in [5.74, 6) is 0.575. The zero-order valence-electron chi connectivity index (χ0n) is 17.4. The molecule has 0 bridgehead atoms. The number of nitrogens with one attached hydrogen (secondary N) is 3. The fraction of sp³-hybridized carbons (Fsp3) is 0.0769. The lowest BCUT2D eigenvalue weighted by Gasteiger charge is -2.20. The maximum Gasteiger partial charge on any atom is 0.213 e. The number of fused-ring (bicyclic) bond motifs is 2. The van der Waals surface area contributed by atoms with Crippen molar-refractivity contribution in [1.82, 2.24) is 4.98 Å². The van der Waals surface area contributed by atoms with Crippen LogP contribution in [0.1, 0.15) is 34.0 Å². The van der Waals surface area contributed by atoms with Gasteiger partial charge in [0.25, 0.3) is 0 Å². The zero-order chi connectivity index (χ0) is 21.9. The van der Waals surface area contributed by atoms with Crippen LogP contribution < -0.4 is 15.8 Å². The second-order valence-corrected chi connectivity index (χ2v) is 7.62. The third kappa shape index (κ3) is 3.86. The van der Waals surface area contributed by atoms with Crippen molar-refractivity contribution in [3.8, 4) is 5.75 Å². The number of rotatable bonds is 4. The molecule has 0 radical (unpaired) electrons. The van der Waals surface area contributed by atoms with Gasteiger partial charge >= 0.3 is 0 Å². The van der Waals surface area contributed by atoms with Gasteiger partial charge in [-0.25, -0.2) is 4.99 Å². The van der Waals surface area contributed by atoms with Crippen LogP contribution in [0.2, 0.25) is 0 Å². The van der Waals surface area contributed by atoms with E-state index in [-0.39, 0.29) is 12.0 Å². The van der Waals surface area contributed by atoms with E-state index in [4.69, 9.17) is 15.9 Å². The van der Waals surface area contributed by atoms with Gasteiger partial charge in [-0.05, 0) is 35.4 Å². The van der Waals surface area contributed by atoms with Crippen LogP contribution in [0.25, 0.3) is 0 Å². The molecule has 3 aromatic carbocycles. The van der Waals surface area contributed by atoms with E-state index in [2.05, 4.69) is 39.6 Å². The number of nitrogens with zero attached hydrogens (tertiary/aromatic N) is 1. The van der Waals surface area contributed by atoms with Gasteiger partial charge in [-0.15, -0.1) is 0 Å². The number of para-hydroxylation sites is 1. The topological polar surface area (TPSA) is 99.3 Å². The number of H-pyrrole nitrogens is 1. The molecule has 5 N–H and O–H groups in total. The van der Waals surface area contributed by atoms with Gasteiger partial charge in [0.1, 0.15) is 18.1 Å². The Labute approximate surface area is 186 Å². The molecule has 1 aliphatic rings. The molecule has 0 saturated heterocycles.